The van der Waals surface area contributed by atoms with Crippen molar-refractivity contribution in [2.75, 3.05) is 99.6 Å². The number of alkyl halides is 9. The molecule has 12 aromatic rings. The monoisotopic (exact) mass is 1650 g/mol. The van der Waals surface area contributed by atoms with E-state index < -0.39 is 52.9 Å². The first-order valence-corrected chi connectivity index (χ1v) is 38.2. The number of nitrogens with one attached hydrogen (secondary N) is 5. The zero-order valence-electron chi connectivity index (χ0n) is 65.7. The summed E-state index contributed by atoms with van der Waals surface area (Å²) in [6.07, 6.45) is 5.14. The van der Waals surface area contributed by atoms with E-state index in [1.807, 2.05) is 60.8 Å². The number of halogens is 9. The molecule has 0 radical (unpaired) electrons. The molecule has 12 heterocycles. The lowest BCUT2D eigenvalue weighted by Gasteiger charge is -2.32. The Morgan fingerprint density at radius 2 is 0.752 bits per heavy atom. The third-order valence-corrected chi connectivity index (χ3v) is 20.1. The molecule has 0 bridgehead atoms. The molecule has 3 aromatic carbocycles. The van der Waals surface area contributed by atoms with E-state index in [1.165, 1.54) is 91.8 Å². The Kier molecular flexibility index (Phi) is 26.5. The summed E-state index contributed by atoms with van der Waals surface area (Å²) in [5.41, 5.74) is 21.2. The van der Waals surface area contributed by atoms with Crippen LogP contribution < -0.4 is 43.8 Å². The highest BCUT2D eigenvalue weighted by Gasteiger charge is 2.38. The largest absolute Gasteiger partial charge is 0.416 e. The SMILES string of the molecule is CN(C)[C@H]1CCN(Cc2ccc(NC(=O)c3cncc(C#Cc4cnc(N)c5ncccc45)c3)cc2C(F)(F)F)C1.C[C@@H]1CN(Cc2ccc(NC(=O)c3cncc(C#Cc4cnc(N)c5ncccc45)c3)cc2C(F)(F)F)CCN1.C[C@H]1CN(Cc2ccc(NC(=O)c3cncc(C#Cc4cnc(N)c5ncccc45)c3)cc2C(F)(F)F)CCN1. The quantitative estimate of drug-likeness (QED) is 0.0393. The molecule has 121 heavy (non-hydrogen) atoms. The number of likely N-dealkylation sites (N-methyl/N-ethyl adjacent to an activating group) is 1. The van der Waals surface area contributed by atoms with Crippen molar-refractivity contribution in [1.82, 2.24) is 75.1 Å². The summed E-state index contributed by atoms with van der Waals surface area (Å²) in [7, 11) is 3.95. The second-order valence-corrected chi connectivity index (χ2v) is 29.3. The molecule has 0 unspecified atom stereocenters. The summed E-state index contributed by atoms with van der Waals surface area (Å²) in [5, 5.41) is 16.5. The van der Waals surface area contributed by atoms with Gasteiger partial charge in [-0.25, -0.2) is 15.0 Å². The third-order valence-electron chi connectivity index (χ3n) is 20.1. The molecule has 618 valence electrons. The number of carbonyl (C=O) groups excluding carboxylic acids is 3. The van der Waals surface area contributed by atoms with Gasteiger partial charge in [0.25, 0.3) is 17.7 Å². The molecule has 3 atom stereocenters. The second kappa shape index (κ2) is 37.6. The number of rotatable bonds is 13. The van der Waals surface area contributed by atoms with Gasteiger partial charge in [-0.2, -0.15) is 39.5 Å². The lowest BCUT2D eigenvalue weighted by molar-refractivity contribution is -0.139. The Morgan fingerprint density at radius 3 is 1.05 bits per heavy atom. The number of nitrogens with two attached hydrogens (primary N) is 3. The number of hydrogen-bond acceptors (Lipinski definition) is 21. The molecule has 3 fully saturated rings. The first kappa shape index (κ1) is 85.3. The molecular weight excluding hydrogens is 1570 g/mol. The minimum Gasteiger partial charge on any atom is -0.382 e. The number of carbonyl (C=O) groups is 3. The van der Waals surface area contributed by atoms with Gasteiger partial charge < -0.3 is 48.7 Å². The van der Waals surface area contributed by atoms with Crippen molar-refractivity contribution in [3.63, 3.8) is 0 Å². The van der Waals surface area contributed by atoms with Crippen LogP contribution in [0.15, 0.2) is 184 Å². The van der Waals surface area contributed by atoms with E-state index in [-0.39, 0.29) is 82.2 Å². The molecule has 3 aliphatic heterocycles. The van der Waals surface area contributed by atoms with Crippen molar-refractivity contribution in [2.24, 2.45) is 0 Å². The van der Waals surface area contributed by atoms with Gasteiger partial charge in [0, 0.05) is 214 Å². The van der Waals surface area contributed by atoms with E-state index in [0.717, 1.165) is 60.4 Å². The summed E-state index contributed by atoms with van der Waals surface area (Å²) < 4.78 is 126. The predicted molar refractivity (Wildman–Crippen MR) is 444 cm³/mol. The maximum absolute atomic E-state index is 14.0. The van der Waals surface area contributed by atoms with Crippen molar-refractivity contribution in [2.45, 2.75) is 76.6 Å². The van der Waals surface area contributed by atoms with E-state index in [1.54, 1.807) is 55.4 Å². The maximum atomic E-state index is 14.0. The lowest BCUT2D eigenvalue weighted by Crippen LogP contribution is -2.48. The molecule has 0 aliphatic carbocycles. The first-order valence-electron chi connectivity index (χ1n) is 38.2. The fourth-order valence-corrected chi connectivity index (χ4v) is 14.1. The highest BCUT2D eigenvalue weighted by molar-refractivity contribution is 6.06. The fourth-order valence-electron chi connectivity index (χ4n) is 14.1. The molecule has 3 aliphatic rings. The van der Waals surface area contributed by atoms with Crippen LogP contribution in [0.4, 0.5) is 74.0 Å². The molecule has 3 saturated heterocycles. The van der Waals surface area contributed by atoms with Crippen LogP contribution in [0.25, 0.3) is 32.7 Å². The summed E-state index contributed by atoms with van der Waals surface area (Å²) >= 11 is 0. The maximum Gasteiger partial charge on any atom is 0.416 e. The van der Waals surface area contributed by atoms with Gasteiger partial charge in [0.05, 0.1) is 50.1 Å². The Bertz CT molecular complexity index is 5830. The molecule has 33 heteroatoms. The number of nitrogens with zero attached hydrogens (tertiary/aromatic N) is 13. The fraction of sp³-hybridized carbons (Fsp3) is 0.250. The summed E-state index contributed by atoms with van der Waals surface area (Å²) in [6.45, 7) is 10.0. The van der Waals surface area contributed by atoms with Crippen molar-refractivity contribution < 1.29 is 53.9 Å². The zero-order valence-corrected chi connectivity index (χ0v) is 65.7. The number of likely N-dealkylation sites (tertiary alicyclic amines) is 1. The average molecular weight is 1650 g/mol. The van der Waals surface area contributed by atoms with Gasteiger partial charge in [0.1, 0.15) is 34.0 Å². The van der Waals surface area contributed by atoms with Crippen molar-refractivity contribution in [3.05, 3.63) is 267 Å². The van der Waals surface area contributed by atoms with Crippen molar-refractivity contribution in [3.8, 4) is 35.5 Å². The van der Waals surface area contributed by atoms with Crippen LogP contribution in [-0.4, -0.2) is 167 Å². The molecule has 3 amide bonds. The van der Waals surface area contributed by atoms with Gasteiger partial charge in [-0.05, 0) is 142 Å². The Morgan fingerprint density at radius 1 is 0.430 bits per heavy atom. The number of fused-ring (bicyclic) bond motifs is 3. The number of amides is 3. The van der Waals surface area contributed by atoms with E-state index in [0.29, 0.717) is 106 Å². The Labute approximate surface area is 689 Å². The summed E-state index contributed by atoms with van der Waals surface area (Å²) in [6, 6.07) is 27.7. The smallest absolute Gasteiger partial charge is 0.382 e. The zero-order chi connectivity index (χ0) is 85.7. The van der Waals surface area contributed by atoms with Crippen LogP contribution in [0.3, 0.4) is 0 Å². The van der Waals surface area contributed by atoms with E-state index in [4.69, 9.17) is 17.2 Å². The highest BCUT2D eigenvalue weighted by Crippen LogP contribution is 2.39. The summed E-state index contributed by atoms with van der Waals surface area (Å²) in [5.74, 6) is 16.9. The molecule has 24 nitrogen and oxygen atoms in total. The number of piperazine rings is 2. The first-order chi connectivity index (χ1) is 57.9. The van der Waals surface area contributed by atoms with E-state index in [9.17, 15) is 53.9 Å². The molecule has 15 rings (SSSR count). The molecule has 0 spiro atoms. The van der Waals surface area contributed by atoms with Crippen LogP contribution in [-0.2, 0) is 38.2 Å². The normalized spacial score (nSPS) is 15.8. The molecule has 0 saturated carbocycles. The number of aromatic nitrogens is 9. The summed E-state index contributed by atoms with van der Waals surface area (Å²) in [4.78, 5) is 84.2. The van der Waals surface area contributed by atoms with Crippen LogP contribution >= 0.6 is 0 Å². The second-order valence-electron chi connectivity index (χ2n) is 29.3. The van der Waals surface area contributed by atoms with Gasteiger partial charge in [-0.1, -0.05) is 53.7 Å². The average Bonchev–Trinajstić information content (AvgIpc) is 1.70. The number of nitrogen functional groups attached to an aromatic ring is 3. The number of hydrogen-bond donors (Lipinski definition) is 8. The Hall–Kier alpha value is -13.6. The van der Waals surface area contributed by atoms with Crippen LogP contribution in [0, 0.1) is 35.5 Å². The number of benzene rings is 3. The molecule has 11 N–H and O–H groups in total. The van der Waals surface area contributed by atoms with Crippen LogP contribution in [0.1, 0.15) is 118 Å². The van der Waals surface area contributed by atoms with Crippen LogP contribution in [0.5, 0.6) is 0 Å². The minimum absolute atomic E-state index is 0.0400. The minimum atomic E-state index is -4.57. The van der Waals surface area contributed by atoms with Crippen molar-refractivity contribution >= 4 is 84.9 Å². The van der Waals surface area contributed by atoms with Crippen molar-refractivity contribution in [1.29, 1.82) is 0 Å². The van der Waals surface area contributed by atoms with Gasteiger partial charge in [0.2, 0.25) is 0 Å². The number of pyridine rings is 9. The number of anilines is 6. The van der Waals surface area contributed by atoms with Crippen LogP contribution in [0.2, 0.25) is 0 Å². The Balaban J connectivity index is 0.000000157. The molecular formula is C88H80F9N21O3. The van der Waals surface area contributed by atoms with E-state index in [2.05, 4.69) is 112 Å². The molecule has 9 aromatic heterocycles. The predicted octanol–water partition coefficient (Wildman–Crippen LogP) is 12.6. The topological polar surface area (TPSA) is 318 Å². The van der Waals surface area contributed by atoms with E-state index >= 15 is 0 Å². The third kappa shape index (κ3) is 22.0. The lowest BCUT2D eigenvalue weighted by atomic mass is 10.0. The standard InChI is InChI=1S/C30H28F3N7O.2C29H26F3N7O/c1-39(2)24-9-11-40(18-24)17-21-7-8-23(13-26(21)30(31,32)33)38-29(41)22-12-19(14-35-15-22)5-6-20-16-37-28(34)27-25(20)4-3-10-36-27;2*1-18-16-39(10-9-35-18)17-21-6-7-23(12-25(21)29(30,31)32)38-28(40)22-11-19(13-34-14-22)4-5-20-15-37-27(33)26-24(20)3-2-8-36-26/h3-4,7-8,10,12-16,24H,9,11,17-18H2,1-2H3,(H2,34,37)(H,38,41);2*2-3,6-8,11-15,18,35H,9-10,16-17H2,1H3,(H2,33,37)(H,38,40)/t24-;2*18-/m010/s1. The van der Waals surface area contributed by atoms with Gasteiger partial charge in [-0.3, -0.25) is 59.0 Å². The van der Waals surface area contributed by atoms with Gasteiger partial charge >= 0.3 is 18.5 Å². The highest BCUT2D eigenvalue weighted by atomic mass is 19.4. The van der Waals surface area contributed by atoms with Gasteiger partial charge in [-0.15, -0.1) is 0 Å². The van der Waals surface area contributed by atoms with Gasteiger partial charge in [0.15, 0.2) is 0 Å².